The molecular weight excluding hydrogens is 226 g/mol. The second kappa shape index (κ2) is 5.56. The first kappa shape index (κ1) is 12.6. The molecule has 0 aliphatic heterocycles. The van der Waals surface area contributed by atoms with Crippen molar-refractivity contribution in [2.75, 3.05) is 6.61 Å². The molecule has 2 N–H and O–H groups in total. The van der Waals surface area contributed by atoms with Crippen LogP contribution in [0.1, 0.15) is 24.2 Å². The van der Waals surface area contributed by atoms with E-state index < -0.39 is 5.91 Å². The number of hydrogen-bond acceptors (Lipinski definition) is 2. The Morgan fingerprint density at radius 1 is 1.50 bits per heavy atom. The first-order valence-corrected chi connectivity index (χ1v) is 5.24. The van der Waals surface area contributed by atoms with Crippen LogP contribution in [0.15, 0.2) is 29.8 Å². The maximum atomic E-state index is 11.0. The summed E-state index contributed by atoms with van der Waals surface area (Å²) in [4.78, 5) is 11.0. The Morgan fingerprint density at radius 3 is 2.75 bits per heavy atom. The lowest BCUT2D eigenvalue weighted by atomic mass is 10.2. The van der Waals surface area contributed by atoms with Gasteiger partial charge in [0.2, 0.25) is 5.91 Å². The van der Waals surface area contributed by atoms with Crippen LogP contribution < -0.4 is 10.5 Å². The van der Waals surface area contributed by atoms with Crippen molar-refractivity contribution in [1.29, 1.82) is 0 Å². The molecule has 0 saturated carbocycles. The summed E-state index contributed by atoms with van der Waals surface area (Å²) in [5.74, 6) is -0.0285. The van der Waals surface area contributed by atoms with Crippen LogP contribution in [0.3, 0.4) is 0 Å². The van der Waals surface area contributed by atoms with E-state index in [0.29, 0.717) is 22.9 Å². The maximum absolute atomic E-state index is 11.0. The smallest absolute Gasteiger partial charge is 0.248 e. The molecular formula is C12H14ClNO2. The molecule has 0 saturated heterocycles. The van der Waals surface area contributed by atoms with Gasteiger partial charge in [-0.15, -0.1) is 0 Å². The van der Waals surface area contributed by atoms with Crippen LogP contribution in [-0.2, 0) is 0 Å². The molecule has 0 fully saturated rings. The molecule has 0 heterocycles. The van der Waals surface area contributed by atoms with E-state index in [1.54, 1.807) is 18.2 Å². The number of hydrogen-bond donors (Lipinski definition) is 1. The van der Waals surface area contributed by atoms with Crippen molar-refractivity contribution in [2.45, 2.75) is 13.8 Å². The van der Waals surface area contributed by atoms with E-state index in [-0.39, 0.29) is 0 Å². The van der Waals surface area contributed by atoms with Gasteiger partial charge in [0, 0.05) is 5.56 Å². The van der Waals surface area contributed by atoms with Crippen LogP contribution in [0.25, 0.3) is 0 Å². The van der Waals surface area contributed by atoms with Gasteiger partial charge in [0.15, 0.2) is 0 Å². The minimum Gasteiger partial charge on any atom is -0.488 e. The fourth-order valence-corrected chi connectivity index (χ4v) is 1.24. The summed E-state index contributed by atoms with van der Waals surface area (Å²) >= 11 is 5.92. The molecule has 1 aromatic rings. The summed E-state index contributed by atoms with van der Waals surface area (Å²) in [6, 6.07) is 4.71. The summed E-state index contributed by atoms with van der Waals surface area (Å²) in [5, 5.41) is 0.465. The number of nitrogens with two attached hydrogens (primary N) is 1. The Balaban J connectivity index is 2.82. The molecule has 0 atom stereocenters. The summed E-state index contributed by atoms with van der Waals surface area (Å²) in [6.07, 6.45) is 1.92. The van der Waals surface area contributed by atoms with E-state index in [0.717, 1.165) is 5.57 Å². The second-order valence-corrected chi connectivity index (χ2v) is 4.01. The van der Waals surface area contributed by atoms with Crippen molar-refractivity contribution in [3.05, 3.63) is 40.4 Å². The fourth-order valence-electron chi connectivity index (χ4n) is 1.07. The maximum Gasteiger partial charge on any atom is 0.248 e. The number of ether oxygens (including phenoxy) is 1. The van der Waals surface area contributed by atoms with Crippen molar-refractivity contribution >= 4 is 17.5 Å². The molecule has 16 heavy (non-hydrogen) atoms. The van der Waals surface area contributed by atoms with Crippen molar-refractivity contribution < 1.29 is 9.53 Å². The van der Waals surface area contributed by atoms with Crippen LogP contribution in [0.2, 0.25) is 5.02 Å². The van der Waals surface area contributed by atoms with E-state index in [1.165, 1.54) is 0 Å². The summed E-state index contributed by atoms with van der Waals surface area (Å²) in [6.45, 7) is 4.37. The highest BCUT2D eigenvalue weighted by molar-refractivity contribution is 6.32. The van der Waals surface area contributed by atoms with Gasteiger partial charge in [0.1, 0.15) is 12.4 Å². The van der Waals surface area contributed by atoms with E-state index in [9.17, 15) is 4.79 Å². The highest BCUT2D eigenvalue weighted by atomic mass is 35.5. The van der Waals surface area contributed by atoms with Crippen molar-refractivity contribution in [2.24, 2.45) is 5.73 Å². The number of carbonyl (C=O) groups is 1. The van der Waals surface area contributed by atoms with Gasteiger partial charge in [-0.3, -0.25) is 4.79 Å². The molecule has 1 amide bonds. The number of halogens is 1. The van der Waals surface area contributed by atoms with E-state index in [1.807, 2.05) is 19.9 Å². The Bertz CT molecular complexity index is 423. The summed E-state index contributed by atoms with van der Waals surface area (Å²) in [7, 11) is 0. The number of rotatable bonds is 4. The normalized spacial score (nSPS) is 9.69. The SMILES string of the molecule is CC(C)=CCOc1cc(C(N)=O)ccc1Cl. The van der Waals surface area contributed by atoms with Crippen LogP contribution in [0.5, 0.6) is 5.75 Å². The van der Waals surface area contributed by atoms with Gasteiger partial charge in [-0.2, -0.15) is 0 Å². The molecule has 0 aliphatic carbocycles. The number of carbonyl (C=O) groups excluding carboxylic acids is 1. The van der Waals surface area contributed by atoms with Gasteiger partial charge in [-0.05, 0) is 38.1 Å². The zero-order chi connectivity index (χ0) is 12.1. The second-order valence-electron chi connectivity index (χ2n) is 3.60. The monoisotopic (exact) mass is 239 g/mol. The summed E-state index contributed by atoms with van der Waals surface area (Å²) < 4.78 is 5.42. The van der Waals surface area contributed by atoms with E-state index in [4.69, 9.17) is 22.1 Å². The molecule has 86 valence electrons. The lowest BCUT2D eigenvalue weighted by Gasteiger charge is -2.07. The van der Waals surface area contributed by atoms with E-state index in [2.05, 4.69) is 0 Å². The first-order chi connectivity index (χ1) is 7.50. The van der Waals surface area contributed by atoms with Crippen molar-refractivity contribution in [3.8, 4) is 5.75 Å². The minimum absolute atomic E-state index is 0.386. The zero-order valence-corrected chi connectivity index (χ0v) is 10.0. The molecule has 1 rings (SSSR count). The number of benzene rings is 1. The van der Waals surface area contributed by atoms with Crippen LogP contribution in [-0.4, -0.2) is 12.5 Å². The van der Waals surface area contributed by atoms with Gasteiger partial charge >= 0.3 is 0 Å². The molecule has 4 heteroatoms. The van der Waals surface area contributed by atoms with Gasteiger partial charge in [-0.1, -0.05) is 17.2 Å². The number of allylic oxidation sites excluding steroid dienone is 1. The van der Waals surface area contributed by atoms with Crippen molar-refractivity contribution in [1.82, 2.24) is 0 Å². The third-order valence-electron chi connectivity index (χ3n) is 1.95. The van der Waals surface area contributed by atoms with Crippen LogP contribution in [0.4, 0.5) is 0 Å². The van der Waals surface area contributed by atoms with Gasteiger partial charge < -0.3 is 10.5 Å². The van der Waals surface area contributed by atoms with Gasteiger partial charge in [0.25, 0.3) is 0 Å². The highest BCUT2D eigenvalue weighted by Gasteiger charge is 2.06. The third kappa shape index (κ3) is 3.59. The summed E-state index contributed by atoms with van der Waals surface area (Å²) in [5.41, 5.74) is 6.70. The van der Waals surface area contributed by atoms with E-state index >= 15 is 0 Å². The highest BCUT2D eigenvalue weighted by Crippen LogP contribution is 2.25. The van der Waals surface area contributed by atoms with Gasteiger partial charge in [-0.25, -0.2) is 0 Å². The molecule has 0 aromatic heterocycles. The first-order valence-electron chi connectivity index (χ1n) is 4.86. The number of primary amides is 1. The van der Waals surface area contributed by atoms with Crippen molar-refractivity contribution in [3.63, 3.8) is 0 Å². The Labute approximate surface area is 99.8 Å². The number of amides is 1. The molecule has 0 bridgehead atoms. The minimum atomic E-state index is -0.497. The Morgan fingerprint density at radius 2 is 2.19 bits per heavy atom. The van der Waals surface area contributed by atoms with Crippen LogP contribution >= 0.6 is 11.6 Å². The molecule has 0 radical (unpaired) electrons. The molecule has 0 aliphatic rings. The van der Waals surface area contributed by atoms with Gasteiger partial charge in [0.05, 0.1) is 5.02 Å². The lowest BCUT2D eigenvalue weighted by Crippen LogP contribution is -2.11. The molecule has 0 spiro atoms. The molecule has 1 aromatic carbocycles. The average Bonchev–Trinajstić information content (AvgIpc) is 2.20. The topological polar surface area (TPSA) is 52.3 Å². The third-order valence-corrected chi connectivity index (χ3v) is 2.26. The molecule has 3 nitrogen and oxygen atoms in total. The largest absolute Gasteiger partial charge is 0.488 e. The zero-order valence-electron chi connectivity index (χ0n) is 9.29. The predicted molar refractivity (Wildman–Crippen MR) is 64.9 cm³/mol. The lowest BCUT2D eigenvalue weighted by molar-refractivity contribution is 0.1000. The standard InChI is InChI=1S/C12H14ClNO2/c1-8(2)5-6-16-11-7-9(12(14)15)3-4-10(11)13/h3-5,7H,6H2,1-2H3,(H2,14,15). The molecule has 0 unspecified atom stereocenters. The average molecular weight is 240 g/mol. The van der Waals surface area contributed by atoms with Crippen LogP contribution in [0, 0.1) is 0 Å². The Hall–Kier alpha value is -1.48. The predicted octanol–water partition coefficient (Wildman–Crippen LogP) is 2.78. The fraction of sp³-hybridized carbons (Fsp3) is 0.250. The Kier molecular flexibility index (Phi) is 4.38. The quantitative estimate of drug-likeness (QED) is 0.822.